The first-order valence-corrected chi connectivity index (χ1v) is 33.9. The minimum Gasteiger partial charge on any atom is -0.493 e. The summed E-state index contributed by atoms with van der Waals surface area (Å²) in [4.78, 5) is 4.89. The molecule has 0 atom stereocenters. The van der Waals surface area contributed by atoms with Gasteiger partial charge in [0.1, 0.15) is 43.3 Å². The maximum atomic E-state index is 12.6. The molecule has 0 spiro atoms. The number of thiazole rings is 1. The van der Waals surface area contributed by atoms with Crippen molar-refractivity contribution in [1.82, 2.24) is 14.4 Å². The Labute approximate surface area is 482 Å². The molecule has 83 heavy (non-hydrogen) atoms. The summed E-state index contributed by atoms with van der Waals surface area (Å²) in [5.41, 5.74) is -0.205. The highest BCUT2D eigenvalue weighted by molar-refractivity contribution is 7.99. The number of hydrogen-bond donors (Lipinski definition) is 7. The van der Waals surface area contributed by atoms with Gasteiger partial charge < -0.3 is 9.84 Å². The number of fused-ring (bicyclic) bond motifs is 6. The lowest BCUT2D eigenvalue weighted by atomic mass is 10.1. The standard InChI is InChI=1S/C44H37ClN10O20S8/c1-20-10-31(51-53-39-22(3)26(19-46)42-47-30-15-27(45)37(82(69,70)71)18-33(30)55(42)43(39)56)34(75-6-4-8-78(57,58)59)16-28(20)49-52-32-11-21(2)29(17-35(32)76-7-5-9-79(60,61)62)50-54-44-48-40-38(83(72,73)74)14-24-25(41(40)77-44)12-23(80(63,64)65)13-36(24)81(66,67)68/h10-18,56H,4-9H2,1-3H3,(H,57,58,59)(H,60,61,62)(H,63,64,65)(H,66,67,68)(H,69,70,71)(H,72,73,74). The number of hydrogen-bond acceptors (Lipinski definition) is 25. The van der Waals surface area contributed by atoms with Crippen LogP contribution in [0.25, 0.3) is 37.7 Å². The number of halogens is 1. The first kappa shape index (κ1) is 62.2. The van der Waals surface area contributed by atoms with Gasteiger partial charge in [-0.2, -0.15) is 60.9 Å². The van der Waals surface area contributed by atoms with Gasteiger partial charge in [-0.05, 0) is 99.0 Å². The van der Waals surface area contributed by atoms with E-state index < -0.39 is 114 Å². The number of rotatable bonds is 20. The van der Waals surface area contributed by atoms with Crippen LogP contribution >= 0.6 is 34.7 Å². The Balaban J connectivity index is 1.20. The van der Waals surface area contributed by atoms with Gasteiger partial charge in [0.05, 0.1) is 60.8 Å². The van der Waals surface area contributed by atoms with Crippen molar-refractivity contribution in [3.05, 3.63) is 81.9 Å². The predicted octanol–water partition coefficient (Wildman–Crippen LogP) is 9.67. The van der Waals surface area contributed by atoms with Crippen molar-refractivity contribution >= 4 is 167 Å². The average Bonchev–Trinajstić information content (AvgIpc) is 2.37. The van der Waals surface area contributed by atoms with Crippen LogP contribution in [0, 0.1) is 32.1 Å². The van der Waals surface area contributed by atoms with E-state index in [4.69, 9.17) is 16.3 Å². The van der Waals surface area contributed by atoms with Crippen molar-refractivity contribution in [2.24, 2.45) is 30.7 Å². The number of thioether (sulfide) groups is 1. The summed E-state index contributed by atoms with van der Waals surface area (Å²) in [6, 6.07) is 11.4. The zero-order valence-corrected chi connectivity index (χ0v) is 49.3. The number of aryl methyl sites for hydroxylation is 2. The van der Waals surface area contributed by atoms with E-state index in [0.29, 0.717) is 34.6 Å². The molecule has 0 aliphatic carbocycles. The zero-order valence-electron chi connectivity index (χ0n) is 42.0. The fraction of sp³-hybridized carbons (Fsp3) is 0.205. The number of nitriles is 1. The second kappa shape index (κ2) is 23.0. The van der Waals surface area contributed by atoms with Crippen LogP contribution in [-0.4, -0.2) is 121 Å². The molecule has 0 saturated heterocycles. The summed E-state index contributed by atoms with van der Waals surface area (Å²) in [7, 11) is -29.4. The molecule has 5 aromatic carbocycles. The first-order valence-electron chi connectivity index (χ1n) is 22.7. The summed E-state index contributed by atoms with van der Waals surface area (Å²) >= 11 is 7.68. The number of benzene rings is 5. The van der Waals surface area contributed by atoms with Gasteiger partial charge in [-0.3, -0.25) is 31.7 Å². The lowest BCUT2D eigenvalue weighted by molar-refractivity contribution is 0.317. The normalized spacial score (nSPS) is 13.3. The van der Waals surface area contributed by atoms with Crippen LogP contribution in [0.5, 0.6) is 11.6 Å². The van der Waals surface area contributed by atoms with Crippen LogP contribution in [0.15, 0.2) is 110 Å². The molecule has 0 aliphatic heterocycles. The highest BCUT2D eigenvalue weighted by Crippen LogP contribution is 2.45. The molecule has 30 nitrogen and oxygen atoms in total. The van der Waals surface area contributed by atoms with E-state index in [2.05, 4.69) is 40.7 Å². The first-order chi connectivity index (χ1) is 38.4. The highest BCUT2D eigenvalue weighted by atomic mass is 35.5. The van der Waals surface area contributed by atoms with Crippen molar-refractivity contribution < 1.29 is 87.7 Å². The second-order valence-corrected chi connectivity index (χ2v) is 28.8. The van der Waals surface area contributed by atoms with E-state index in [1.54, 1.807) is 13.8 Å². The summed E-state index contributed by atoms with van der Waals surface area (Å²) in [6.45, 7) is 4.20. The highest BCUT2D eigenvalue weighted by Gasteiger charge is 2.29. The van der Waals surface area contributed by atoms with Gasteiger partial charge in [0, 0.05) is 27.3 Å². The fourth-order valence-electron chi connectivity index (χ4n) is 7.95. The number of nitrogens with zero attached hydrogens (tertiary/aromatic N) is 10. The third-order valence-electron chi connectivity index (χ3n) is 11.7. The van der Waals surface area contributed by atoms with Gasteiger partial charge in [-0.1, -0.05) is 22.9 Å². The van der Waals surface area contributed by atoms with Crippen molar-refractivity contribution in [3.8, 4) is 17.7 Å². The number of aromatic nitrogens is 3. The maximum Gasteiger partial charge on any atom is 0.296 e. The Bertz CT molecular complexity index is 4950. The monoisotopic (exact) mass is 1320 g/mol. The molecule has 0 bridgehead atoms. The molecule has 8 rings (SSSR count). The number of aromatic hydroxyl groups is 1. The molecule has 0 aliphatic rings. The Hall–Kier alpha value is -6.81. The predicted molar refractivity (Wildman–Crippen MR) is 298 cm³/mol. The number of ether oxygens (including phenoxy) is 1. The number of azo groups is 3. The average molecular weight is 1320 g/mol. The van der Waals surface area contributed by atoms with Gasteiger partial charge in [-0.25, -0.2) is 9.97 Å². The molecule has 3 aromatic heterocycles. The Kier molecular flexibility index (Phi) is 17.2. The van der Waals surface area contributed by atoms with Crippen LogP contribution in [0.2, 0.25) is 5.02 Å². The lowest BCUT2D eigenvalue weighted by Gasteiger charge is -2.12. The lowest BCUT2D eigenvalue weighted by Crippen LogP contribution is -2.08. The molecule has 0 unspecified atom stereocenters. The molecular formula is C44H37ClN10O20S8. The van der Waals surface area contributed by atoms with Crippen LogP contribution in [0.3, 0.4) is 0 Å². The van der Waals surface area contributed by atoms with Crippen LogP contribution in [0.4, 0.5) is 33.6 Å². The molecule has 7 N–H and O–H groups in total. The molecule has 0 radical (unpaired) electrons. The molecule has 8 aromatic rings. The van der Waals surface area contributed by atoms with Gasteiger partial charge >= 0.3 is 0 Å². The van der Waals surface area contributed by atoms with E-state index >= 15 is 0 Å². The Morgan fingerprint density at radius 3 is 1.86 bits per heavy atom. The van der Waals surface area contributed by atoms with E-state index in [-0.39, 0.29) is 107 Å². The van der Waals surface area contributed by atoms with Gasteiger partial charge in [-0.15, -0.1) is 37.3 Å². The van der Waals surface area contributed by atoms with Crippen molar-refractivity contribution in [3.63, 3.8) is 0 Å². The van der Waals surface area contributed by atoms with E-state index in [1.165, 1.54) is 31.2 Å². The van der Waals surface area contributed by atoms with Crippen molar-refractivity contribution in [2.75, 3.05) is 23.9 Å². The molecule has 438 valence electrons. The summed E-state index contributed by atoms with van der Waals surface area (Å²) < 4.78 is 210. The largest absolute Gasteiger partial charge is 0.493 e. The maximum absolute atomic E-state index is 12.6. The molecule has 0 amide bonds. The zero-order chi connectivity index (χ0) is 61.1. The third-order valence-corrected chi connectivity index (χ3v) is 19.4. The smallest absolute Gasteiger partial charge is 0.296 e. The molecular weight excluding hydrogens is 1280 g/mol. The van der Waals surface area contributed by atoms with Crippen molar-refractivity contribution in [2.45, 2.75) is 58.1 Å². The van der Waals surface area contributed by atoms with Crippen LogP contribution in [-0.2, 0) is 60.7 Å². The quantitative estimate of drug-likeness (QED) is 0.0161. The van der Waals surface area contributed by atoms with E-state index in [9.17, 15) is 88.2 Å². The Morgan fingerprint density at radius 1 is 0.651 bits per heavy atom. The van der Waals surface area contributed by atoms with Gasteiger partial charge in [0.2, 0.25) is 11.0 Å². The number of imidazole rings is 1. The molecule has 3 heterocycles. The minimum absolute atomic E-state index is 0.0213. The third kappa shape index (κ3) is 13.9. The van der Waals surface area contributed by atoms with Crippen LogP contribution < -0.4 is 4.74 Å². The number of pyridine rings is 1. The second-order valence-electron chi connectivity index (χ2n) is 17.6. The SMILES string of the molecule is Cc1cc(N=Nc2cc(OCCCS(=O)(=O)O)c(N=Nc3c(C)c(C#N)c4nc5cc(Cl)c(S(=O)(=O)O)cc5n4c3O)cc2C)c(SCCCS(=O)(=O)O)cc1N=Nc1nc2c(S(=O)(=O)O)cc3c(S(=O)(=O)O)cc(S(=O)(=O)O)cc3c2s1. The van der Waals surface area contributed by atoms with E-state index in [1.807, 2.05) is 6.07 Å². The molecule has 39 heteroatoms. The Morgan fingerprint density at radius 2 is 1.24 bits per heavy atom. The summed E-state index contributed by atoms with van der Waals surface area (Å²) in [5, 5.41) is 45.8. The summed E-state index contributed by atoms with van der Waals surface area (Å²) in [5.74, 6) is -2.07. The topological polar surface area (TPSA) is 484 Å². The summed E-state index contributed by atoms with van der Waals surface area (Å²) in [6.07, 6.45) is -0.303. The van der Waals surface area contributed by atoms with Gasteiger partial charge in [0.15, 0.2) is 11.3 Å². The molecule has 0 fully saturated rings. The molecule has 0 saturated carbocycles. The van der Waals surface area contributed by atoms with Crippen LogP contribution in [0.1, 0.15) is 35.1 Å². The van der Waals surface area contributed by atoms with Crippen molar-refractivity contribution in [1.29, 1.82) is 5.26 Å². The van der Waals surface area contributed by atoms with E-state index in [0.717, 1.165) is 34.4 Å². The fourth-order valence-corrected chi connectivity index (χ4v) is 14.1. The van der Waals surface area contributed by atoms with Gasteiger partial charge in [0.25, 0.3) is 60.7 Å². The minimum atomic E-state index is -5.31.